The van der Waals surface area contributed by atoms with Gasteiger partial charge >= 0.3 is 6.03 Å². The molecule has 5 nitrogen and oxygen atoms in total. The van der Waals surface area contributed by atoms with Gasteiger partial charge in [0.15, 0.2) is 0 Å². The molecule has 0 atom stereocenters. The summed E-state index contributed by atoms with van der Waals surface area (Å²) < 4.78 is 25.5. The van der Waals surface area contributed by atoms with Crippen LogP contribution >= 0.6 is 0 Å². The van der Waals surface area contributed by atoms with Crippen LogP contribution in [0.2, 0.25) is 0 Å². The van der Waals surface area contributed by atoms with Crippen molar-refractivity contribution in [1.82, 2.24) is 9.21 Å². The minimum atomic E-state index is -3.78. The van der Waals surface area contributed by atoms with Crippen molar-refractivity contribution in [2.75, 3.05) is 20.6 Å². The second-order valence-electron chi connectivity index (χ2n) is 4.84. The second-order valence-corrected chi connectivity index (χ2v) is 6.81. The molecule has 0 N–H and O–H groups in total. The van der Waals surface area contributed by atoms with Crippen LogP contribution in [-0.2, 0) is 10.0 Å². The van der Waals surface area contributed by atoms with E-state index in [4.69, 9.17) is 0 Å². The number of unbranched alkanes of at least 4 members (excludes halogenated alkanes) is 1. The molecule has 1 rings (SSSR count). The Kier molecular flexibility index (Phi) is 5.56. The normalized spacial score (nSPS) is 11.2. The smallest absolute Gasteiger partial charge is 0.327 e. The van der Waals surface area contributed by atoms with Crippen LogP contribution in [0.1, 0.15) is 25.3 Å². The van der Waals surface area contributed by atoms with Gasteiger partial charge in [0.05, 0.1) is 4.90 Å². The van der Waals surface area contributed by atoms with E-state index in [0.29, 0.717) is 6.54 Å². The molecular formula is C14H22N2O3S. The largest absolute Gasteiger partial charge is 0.333 e. The first kappa shape index (κ1) is 16.5. The summed E-state index contributed by atoms with van der Waals surface area (Å²) in [5.74, 6) is 0. The van der Waals surface area contributed by atoms with Crippen LogP contribution in [0.5, 0.6) is 0 Å². The van der Waals surface area contributed by atoms with Crippen molar-refractivity contribution >= 4 is 16.1 Å². The molecule has 112 valence electrons. The van der Waals surface area contributed by atoms with Gasteiger partial charge in [-0.2, -0.15) is 0 Å². The number of hydrogen-bond donors (Lipinski definition) is 0. The summed E-state index contributed by atoms with van der Waals surface area (Å²) in [6.07, 6.45) is 1.80. The fraction of sp³-hybridized carbons (Fsp3) is 0.500. The monoisotopic (exact) mass is 298 g/mol. The number of nitrogens with zero attached hydrogens (tertiary/aromatic N) is 2. The molecule has 0 saturated carbocycles. The van der Waals surface area contributed by atoms with Gasteiger partial charge in [-0.25, -0.2) is 17.5 Å². The number of sulfonamides is 1. The van der Waals surface area contributed by atoms with Crippen molar-refractivity contribution in [3.05, 3.63) is 29.8 Å². The maximum absolute atomic E-state index is 12.3. The van der Waals surface area contributed by atoms with Crippen molar-refractivity contribution in [1.29, 1.82) is 0 Å². The molecule has 0 aliphatic carbocycles. The lowest BCUT2D eigenvalue weighted by atomic mass is 10.2. The molecule has 0 saturated heterocycles. The average Bonchev–Trinajstić information content (AvgIpc) is 2.43. The molecule has 0 radical (unpaired) electrons. The van der Waals surface area contributed by atoms with Gasteiger partial charge in [-0.3, -0.25) is 0 Å². The predicted molar refractivity (Wildman–Crippen MR) is 79.1 cm³/mol. The van der Waals surface area contributed by atoms with Crippen molar-refractivity contribution in [2.24, 2.45) is 0 Å². The number of aryl methyl sites for hydroxylation is 1. The lowest BCUT2D eigenvalue weighted by Gasteiger charge is -2.24. The van der Waals surface area contributed by atoms with Gasteiger partial charge in [0.2, 0.25) is 0 Å². The summed E-state index contributed by atoms with van der Waals surface area (Å²) in [5.41, 5.74) is 0.970. The maximum Gasteiger partial charge on any atom is 0.333 e. The zero-order chi connectivity index (χ0) is 15.3. The molecular weight excluding hydrogens is 276 g/mol. The van der Waals surface area contributed by atoms with Crippen LogP contribution in [0.3, 0.4) is 0 Å². The minimum Gasteiger partial charge on any atom is -0.327 e. The van der Waals surface area contributed by atoms with Crippen molar-refractivity contribution in [3.8, 4) is 0 Å². The van der Waals surface area contributed by atoms with Crippen LogP contribution in [0.4, 0.5) is 4.79 Å². The Morgan fingerprint density at radius 1 is 1.15 bits per heavy atom. The Hall–Kier alpha value is -1.56. The summed E-state index contributed by atoms with van der Waals surface area (Å²) in [6, 6.07) is 5.94. The quantitative estimate of drug-likeness (QED) is 0.839. The molecule has 0 unspecified atom stereocenters. The highest BCUT2D eigenvalue weighted by Crippen LogP contribution is 2.16. The molecule has 1 aromatic carbocycles. The average molecular weight is 298 g/mol. The van der Waals surface area contributed by atoms with E-state index in [1.165, 1.54) is 24.1 Å². The van der Waals surface area contributed by atoms with Crippen molar-refractivity contribution in [2.45, 2.75) is 31.6 Å². The van der Waals surface area contributed by atoms with Gasteiger partial charge in [0, 0.05) is 20.6 Å². The Balaban J connectivity index is 2.91. The number of carbonyl (C=O) groups excluding carboxylic acids is 1. The van der Waals surface area contributed by atoms with Crippen LogP contribution in [-0.4, -0.2) is 44.3 Å². The molecule has 20 heavy (non-hydrogen) atoms. The SMILES string of the molecule is CCCCN(C)C(=O)N(C)S(=O)(=O)c1ccc(C)cc1. The summed E-state index contributed by atoms with van der Waals surface area (Å²) >= 11 is 0. The number of carbonyl (C=O) groups is 1. The molecule has 0 fully saturated rings. The highest BCUT2D eigenvalue weighted by molar-refractivity contribution is 7.89. The molecule has 0 aliphatic heterocycles. The summed E-state index contributed by atoms with van der Waals surface area (Å²) in [7, 11) is -0.881. The Morgan fingerprint density at radius 2 is 1.70 bits per heavy atom. The summed E-state index contributed by atoms with van der Waals surface area (Å²) in [6.45, 7) is 4.44. The maximum atomic E-state index is 12.3. The number of hydrogen-bond acceptors (Lipinski definition) is 3. The third kappa shape index (κ3) is 3.72. The van der Waals surface area contributed by atoms with Gasteiger partial charge in [-0.1, -0.05) is 31.0 Å². The Morgan fingerprint density at radius 3 is 2.20 bits per heavy atom. The van der Waals surface area contributed by atoms with E-state index in [9.17, 15) is 13.2 Å². The zero-order valence-corrected chi connectivity index (χ0v) is 13.3. The fourth-order valence-corrected chi connectivity index (χ4v) is 2.84. The Bertz CT molecular complexity index is 552. The first-order valence-electron chi connectivity index (χ1n) is 6.61. The van der Waals surface area contributed by atoms with Gasteiger partial charge in [0.1, 0.15) is 0 Å². The van der Waals surface area contributed by atoms with Gasteiger partial charge in [-0.15, -0.1) is 0 Å². The molecule has 6 heteroatoms. The van der Waals surface area contributed by atoms with E-state index in [-0.39, 0.29) is 4.90 Å². The molecule has 1 aromatic rings. The number of rotatable bonds is 5. The van der Waals surface area contributed by atoms with E-state index in [1.54, 1.807) is 19.2 Å². The van der Waals surface area contributed by atoms with Crippen LogP contribution in [0.15, 0.2) is 29.2 Å². The summed E-state index contributed by atoms with van der Waals surface area (Å²) in [4.78, 5) is 13.7. The first-order valence-corrected chi connectivity index (χ1v) is 8.05. The van der Waals surface area contributed by atoms with Gasteiger partial charge < -0.3 is 4.90 Å². The molecule has 0 aliphatic rings. The fourth-order valence-electron chi connectivity index (χ4n) is 1.70. The molecule has 0 aromatic heterocycles. The van der Waals surface area contributed by atoms with E-state index >= 15 is 0 Å². The first-order chi connectivity index (χ1) is 9.30. The van der Waals surface area contributed by atoms with E-state index < -0.39 is 16.1 Å². The third-order valence-corrected chi connectivity index (χ3v) is 4.87. The van der Waals surface area contributed by atoms with Gasteiger partial charge in [0.25, 0.3) is 10.0 Å². The van der Waals surface area contributed by atoms with E-state index in [2.05, 4.69) is 0 Å². The van der Waals surface area contributed by atoms with E-state index in [0.717, 1.165) is 22.7 Å². The standard InChI is InChI=1S/C14H22N2O3S/c1-5-6-11-15(3)14(17)16(4)20(18,19)13-9-7-12(2)8-10-13/h7-10H,5-6,11H2,1-4H3. The predicted octanol–water partition coefficient (Wildman–Crippen LogP) is 2.47. The molecule has 0 spiro atoms. The van der Waals surface area contributed by atoms with Crippen LogP contribution < -0.4 is 0 Å². The number of amides is 2. The minimum absolute atomic E-state index is 0.128. The van der Waals surface area contributed by atoms with E-state index in [1.807, 2.05) is 13.8 Å². The van der Waals surface area contributed by atoms with Gasteiger partial charge in [-0.05, 0) is 25.5 Å². The van der Waals surface area contributed by atoms with Crippen LogP contribution in [0, 0.1) is 6.92 Å². The topological polar surface area (TPSA) is 57.7 Å². The molecule has 2 amide bonds. The second kappa shape index (κ2) is 6.74. The number of urea groups is 1. The summed E-state index contributed by atoms with van der Waals surface area (Å²) in [5, 5.41) is 0. The third-order valence-electron chi connectivity index (χ3n) is 3.12. The van der Waals surface area contributed by atoms with Crippen LogP contribution in [0.25, 0.3) is 0 Å². The number of benzene rings is 1. The Labute approximate surface area is 121 Å². The lowest BCUT2D eigenvalue weighted by Crippen LogP contribution is -2.42. The zero-order valence-electron chi connectivity index (χ0n) is 12.5. The highest BCUT2D eigenvalue weighted by Gasteiger charge is 2.27. The molecule has 0 heterocycles. The lowest BCUT2D eigenvalue weighted by molar-refractivity contribution is 0.193. The highest BCUT2D eigenvalue weighted by atomic mass is 32.2. The van der Waals surface area contributed by atoms with Crippen molar-refractivity contribution < 1.29 is 13.2 Å². The molecule has 0 bridgehead atoms. The van der Waals surface area contributed by atoms with Crippen molar-refractivity contribution in [3.63, 3.8) is 0 Å².